The molecular formula is C48H82Si7. The highest BCUT2D eigenvalue weighted by Crippen LogP contribution is 2.47. The van der Waals surface area contributed by atoms with E-state index in [1.165, 1.54) is 0 Å². The molecule has 0 atom stereocenters. The lowest BCUT2D eigenvalue weighted by atomic mass is 10.1. The fourth-order valence-electron chi connectivity index (χ4n) is 10.8. The van der Waals surface area contributed by atoms with Gasteiger partial charge in [0.2, 0.25) is 0 Å². The first-order valence-electron chi connectivity index (χ1n) is 21.3. The third-order valence-corrected chi connectivity index (χ3v) is 32.8. The van der Waals surface area contributed by atoms with E-state index in [4.69, 9.17) is 0 Å². The molecule has 0 N–H and O–H groups in total. The summed E-state index contributed by atoms with van der Waals surface area (Å²) in [7, 11) is -14.0. The quantitative estimate of drug-likeness (QED) is 0.141. The second-order valence-corrected chi connectivity index (χ2v) is 57.8. The highest BCUT2D eigenvalue weighted by molar-refractivity contribution is 7.21. The lowest BCUT2D eigenvalue weighted by molar-refractivity contribution is 1.09. The molecule has 0 amide bonds. The van der Waals surface area contributed by atoms with Gasteiger partial charge in [0.05, 0.1) is 48.4 Å². The van der Waals surface area contributed by atoms with E-state index in [9.17, 15) is 0 Å². The predicted octanol–water partition coefficient (Wildman–Crippen LogP) is 9.41. The molecule has 3 aromatic carbocycles. The van der Waals surface area contributed by atoms with Gasteiger partial charge in [0.15, 0.2) is 8.07 Å². The van der Waals surface area contributed by atoms with Crippen molar-refractivity contribution in [1.82, 2.24) is 0 Å². The standard InChI is InChI=1S/C48H82Si7/c1-32-33(2)35(4)45(34(32)3)55(46-36(5)39(49(8,9)10)26-29-42(46)52(17,18)19,47-37(6)40(50(11,12)13)27-30-43(47)53(20,21)22)48-38(7)41(51(14,15)16)28-31-44(48)54(23,24)25/h26-31,45H,1-25H3. The van der Waals surface area contributed by atoms with E-state index in [1.807, 2.05) is 15.6 Å². The third-order valence-electron chi connectivity index (χ3n) is 13.5. The Labute approximate surface area is 348 Å². The fourth-order valence-corrected chi connectivity index (χ4v) is 33.4. The Kier molecular flexibility index (Phi) is 12.4. The topological polar surface area (TPSA) is 0 Å². The Morgan fingerprint density at radius 3 is 0.655 bits per heavy atom. The summed E-state index contributed by atoms with van der Waals surface area (Å²) in [5.41, 5.74) is 11.8. The highest BCUT2D eigenvalue weighted by atomic mass is 28.3. The maximum Gasteiger partial charge on any atom is 0.159 e. The molecule has 0 bridgehead atoms. The maximum absolute atomic E-state index is 3.07. The van der Waals surface area contributed by atoms with Gasteiger partial charge >= 0.3 is 0 Å². The van der Waals surface area contributed by atoms with E-state index in [2.05, 4.69) is 203 Å². The minimum Gasteiger partial charge on any atom is -0.0656 e. The van der Waals surface area contributed by atoms with Crippen molar-refractivity contribution in [3.63, 3.8) is 0 Å². The van der Waals surface area contributed by atoms with Crippen LogP contribution in [0.5, 0.6) is 0 Å². The zero-order chi connectivity index (χ0) is 42.6. The predicted molar refractivity (Wildman–Crippen MR) is 277 cm³/mol. The van der Waals surface area contributed by atoms with E-state index < -0.39 is 56.5 Å². The molecule has 0 heterocycles. The van der Waals surface area contributed by atoms with Crippen molar-refractivity contribution in [3.05, 3.63) is 75.4 Å². The van der Waals surface area contributed by atoms with Crippen LogP contribution >= 0.6 is 0 Å². The molecule has 302 valence electrons. The lowest BCUT2D eigenvalue weighted by Gasteiger charge is -2.50. The Bertz CT molecular complexity index is 1850. The molecule has 55 heavy (non-hydrogen) atoms. The molecule has 7 heteroatoms. The smallest absolute Gasteiger partial charge is 0.0656 e. The number of hydrogen-bond acceptors (Lipinski definition) is 0. The first-order valence-corrected chi connectivity index (χ1v) is 44.4. The molecule has 0 fully saturated rings. The zero-order valence-corrected chi connectivity index (χ0v) is 47.5. The summed E-state index contributed by atoms with van der Waals surface area (Å²) >= 11 is 0. The summed E-state index contributed by atoms with van der Waals surface area (Å²) in [6, 6.07) is 16.0. The first-order chi connectivity index (χ1) is 24.5. The molecule has 1 aliphatic carbocycles. The number of rotatable bonds is 10. The number of allylic oxidation sites excluding steroid dienone is 4. The van der Waals surface area contributed by atoms with Gasteiger partial charge in [-0.2, -0.15) is 0 Å². The summed E-state index contributed by atoms with van der Waals surface area (Å²) in [5.74, 6) is 0. The van der Waals surface area contributed by atoms with E-state index in [-0.39, 0.29) is 0 Å². The summed E-state index contributed by atoms with van der Waals surface area (Å²) in [6.45, 7) is 65.3. The van der Waals surface area contributed by atoms with Gasteiger partial charge < -0.3 is 0 Å². The second kappa shape index (κ2) is 14.7. The molecule has 0 spiro atoms. The van der Waals surface area contributed by atoms with Gasteiger partial charge in [0.25, 0.3) is 0 Å². The van der Waals surface area contributed by atoms with Gasteiger partial charge in [-0.25, -0.2) is 0 Å². The molecule has 0 unspecified atom stereocenters. The van der Waals surface area contributed by atoms with E-state index in [0.29, 0.717) is 5.54 Å². The molecule has 0 aliphatic heterocycles. The largest absolute Gasteiger partial charge is 0.159 e. The van der Waals surface area contributed by atoms with Crippen LogP contribution in [0.25, 0.3) is 0 Å². The normalized spacial score (nSPS) is 15.9. The molecule has 3 aromatic rings. The maximum atomic E-state index is 2.72. The monoisotopic (exact) mass is 854 g/mol. The average Bonchev–Trinajstić information content (AvgIpc) is 3.17. The number of hydrogen-bond donors (Lipinski definition) is 0. The van der Waals surface area contributed by atoms with Crippen LogP contribution in [0.2, 0.25) is 123 Å². The van der Waals surface area contributed by atoms with Gasteiger partial charge in [0.1, 0.15) is 0 Å². The Hall–Kier alpha value is -1.34. The van der Waals surface area contributed by atoms with Gasteiger partial charge in [-0.1, -0.05) is 213 Å². The molecule has 4 rings (SSSR count). The zero-order valence-electron chi connectivity index (χ0n) is 40.5. The Morgan fingerprint density at radius 2 is 0.473 bits per heavy atom. The summed E-state index contributed by atoms with van der Waals surface area (Å²) < 4.78 is 0. The van der Waals surface area contributed by atoms with Crippen LogP contribution in [-0.4, -0.2) is 56.5 Å². The van der Waals surface area contributed by atoms with Gasteiger partial charge in [-0.05, 0) is 75.2 Å². The number of benzene rings is 3. The summed E-state index contributed by atoms with van der Waals surface area (Å²) in [5, 5.41) is 15.8. The van der Waals surface area contributed by atoms with Crippen LogP contribution in [0, 0.1) is 20.8 Å². The molecule has 0 saturated heterocycles. The van der Waals surface area contributed by atoms with Gasteiger partial charge in [0, 0.05) is 5.54 Å². The van der Waals surface area contributed by atoms with Crippen LogP contribution in [0.3, 0.4) is 0 Å². The molecule has 0 saturated carbocycles. The third kappa shape index (κ3) is 8.04. The van der Waals surface area contributed by atoms with Crippen molar-refractivity contribution in [3.8, 4) is 0 Å². The van der Waals surface area contributed by atoms with Crippen molar-refractivity contribution in [2.45, 2.75) is 172 Å². The van der Waals surface area contributed by atoms with Crippen LogP contribution in [0.15, 0.2) is 58.7 Å². The van der Waals surface area contributed by atoms with Gasteiger partial charge in [-0.15, -0.1) is 0 Å². The van der Waals surface area contributed by atoms with Crippen molar-refractivity contribution in [1.29, 1.82) is 0 Å². The van der Waals surface area contributed by atoms with Crippen LogP contribution in [-0.2, 0) is 0 Å². The Balaban J connectivity index is 2.78. The second-order valence-electron chi connectivity index (χ2n) is 23.8. The van der Waals surface area contributed by atoms with E-state index in [0.717, 1.165) is 0 Å². The molecule has 0 aromatic heterocycles. The van der Waals surface area contributed by atoms with E-state index in [1.54, 1.807) is 70.1 Å². The van der Waals surface area contributed by atoms with Crippen molar-refractivity contribution >= 4 is 103 Å². The summed E-state index contributed by atoms with van der Waals surface area (Å²) in [6.07, 6.45) is 0. The molecule has 0 radical (unpaired) electrons. The average molecular weight is 856 g/mol. The summed E-state index contributed by atoms with van der Waals surface area (Å²) in [4.78, 5) is 0. The van der Waals surface area contributed by atoms with Crippen molar-refractivity contribution in [2.24, 2.45) is 0 Å². The van der Waals surface area contributed by atoms with Crippen LogP contribution in [0.1, 0.15) is 44.4 Å². The first kappa shape index (κ1) is 46.3. The fraction of sp³-hybridized carbons (Fsp3) is 0.542. The van der Waals surface area contributed by atoms with Crippen molar-refractivity contribution in [2.75, 3.05) is 0 Å². The minimum absolute atomic E-state index is 0.370. The van der Waals surface area contributed by atoms with Gasteiger partial charge in [-0.3, -0.25) is 0 Å². The molecular weight excluding hydrogens is 773 g/mol. The highest BCUT2D eigenvalue weighted by Gasteiger charge is 2.57. The molecule has 0 nitrogen and oxygen atoms in total. The SMILES string of the molecule is CC1=C(C)C([Si](c2c([Si](C)(C)C)ccc([Si](C)(C)C)c2C)(c2c([Si](C)(C)C)ccc([Si](C)(C)C)c2C)c2c([Si](C)(C)C)ccc([Si](C)(C)C)c2C)C(C)=C1C. The van der Waals surface area contributed by atoms with Crippen LogP contribution in [0.4, 0.5) is 0 Å². The lowest BCUT2D eigenvalue weighted by Crippen LogP contribution is -2.84. The Morgan fingerprint density at radius 1 is 0.291 bits per heavy atom. The minimum atomic E-state index is -3.07. The van der Waals surface area contributed by atoms with Crippen molar-refractivity contribution < 1.29 is 0 Å². The van der Waals surface area contributed by atoms with Crippen LogP contribution < -0.4 is 46.7 Å². The molecule has 1 aliphatic rings. The van der Waals surface area contributed by atoms with E-state index >= 15 is 0 Å².